The van der Waals surface area contributed by atoms with Crippen molar-refractivity contribution in [2.24, 2.45) is 11.3 Å². The Kier molecular flexibility index (Phi) is 8.28. The monoisotopic (exact) mass is 242 g/mol. The van der Waals surface area contributed by atoms with Gasteiger partial charge in [-0.3, -0.25) is 4.79 Å². The van der Waals surface area contributed by atoms with E-state index in [4.69, 9.17) is 0 Å². The van der Waals surface area contributed by atoms with Crippen molar-refractivity contribution in [2.75, 3.05) is 0 Å². The van der Waals surface area contributed by atoms with Gasteiger partial charge in [0.1, 0.15) is 0 Å². The van der Waals surface area contributed by atoms with Gasteiger partial charge in [-0.15, -0.1) is 0 Å². The van der Waals surface area contributed by atoms with Crippen LogP contribution in [-0.4, -0.2) is 11.1 Å². The van der Waals surface area contributed by atoms with Gasteiger partial charge in [0.05, 0.1) is 5.41 Å². The molecular weight excluding hydrogens is 212 g/mol. The zero-order chi connectivity index (χ0) is 13.3. The Morgan fingerprint density at radius 3 is 1.94 bits per heavy atom. The number of hydrogen-bond acceptors (Lipinski definition) is 1. The molecule has 1 N–H and O–H groups in total. The third kappa shape index (κ3) is 6.09. The molecule has 0 aromatic carbocycles. The maximum absolute atomic E-state index is 11.3. The second-order valence-corrected chi connectivity index (χ2v) is 5.75. The van der Waals surface area contributed by atoms with Gasteiger partial charge in [-0.2, -0.15) is 0 Å². The fourth-order valence-corrected chi connectivity index (χ4v) is 2.09. The Bertz CT molecular complexity index is 211. The number of unbranched alkanes of at least 4 members (excludes halogenated alkanes) is 6. The van der Waals surface area contributed by atoms with Crippen molar-refractivity contribution in [3.63, 3.8) is 0 Å². The van der Waals surface area contributed by atoms with Crippen LogP contribution in [0.25, 0.3) is 0 Å². The maximum atomic E-state index is 11.3. The summed E-state index contributed by atoms with van der Waals surface area (Å²) in [5, 5.41) is 9.28. The molecular formula is C15H30O2. The number of rotatable bonds is 10. The molecule has 0 aliphatic rings. The second kappa shape index (κ2) is 8.54. The topological polar surface area (TPSA) is 37.3 Å². The molecule has 0 bridgehead atoms. The molecule has 0 aromatic rings. The van der Waals surface area contributed by atoms with E-state index in [0.717, 1.165) is 12.8 Å². The molecule has 0 fully saturated rings. The van der Waals surface area contributed by atoms with Gasteiger partial charge in [-0.25, -0.2) is 0 Å². The van der Waals surface area contributed by atoms with Crippen LogP contribution in [0.4, 0.5) is 0 Å². The maximum Gasteiger partial charge on any atom is 0.309 e. The van der Waals surface area contributed by atoms with E-state index in [9.17, 15) is 9.90 Å². The van der Waals surface area contributed by atoms with E-state index in [0.29, 0.717) is 0 Å². The molecule has 1 atom stereocenters. The Labute approximate surface area is 107 Å². The van der Waals surface area contributed by atoms with Crippen LogP contribution < -0.4 is 0 Å². The SMILES string of the molecule is CCCCCCCCCC(C)(C(=O)O)C(C)C. The van der Waals surface area contributed by atoms with E-state index in [-0.39, 0.29) is 5.92 Å². The van der Waals surface area contributed by atoms with Gasteiger partial charge in [-0.1, -0.05) is 65.7 Å². The molecule has 0 amide bonds. The lowest BCUT2D eigenvalue weighted by molar-refractivity contribution is -0.151. The highest BCUT2D eigenvalue weighted by molar-refractivity contribution is 5.74. The normalized spacial score (nSPS) is 14.9. The Balaban J connectivity index is 3.74. The molecule has 0 saturated carbocycles. The predicted octanol–water partition coefficient (Wildman–Crippen LogP) is 4.87. The van der Waals surface area contributed by atoms with Crippen molar-refractivity contribution in [2.45, 2.75) is 79.1 Å². The summed E-state index contributed by atoms with van der Waals surface area (Å²) in [6.07, 6.45) is 9.55. The highest BCUT2D eigenvalue weighted by Gasteiger charge is 2.35. The zero-order valence-corrected chi connectivity index (χ0v) is 12.1. The molecule has 102 valence electrons. The lowest BCUT2D eigenvalue weighted by atomic mass is 9.75. The highest BCUT2D eigenvalue weighted by atomic mass is 16.4. The first kappa shape index (κ1) is 16.5. The summed E-state index contributed by atoms with van der Waals surface area (Å²) in [7, 11) is 0. The van der Waals surface area contributed by atoms with Crippen molar-refractivity contribution in [1.82, 2.24) is 0 Å². The van der Waals surface area contributed by atoms with Crippen LogP contribution >= 0.6 is 0 Å². The van der Waals surface area contributed by atoms with Crippen LogP contribution in [0, 0.1) is 11.3 Å². The molecule has 0 aliphatic carbocycles. The molecule has 2 nitrogen and oxygen atoms in total. The average Bonchev–Trinajstić information content (AvgIpc) is 2.27. The lowest BCUT2D eigenvalue weighted by Crippen LogP contribution is -2.33. The first-order valence-corrected chi connectivity index (χ1v) is 7.18. The largest absolute Gasteiger partial charge is 0.481 e. The number of carboxylic acid groups (broad SMARTS) is 1. The van der Waals surface area contributed by atoms with Crippen LogP contribution in [0.3, 0.4) is 0 Å². The highest BCUT2D eigenvalue weighted by Crippen LogP contribution is 2.33. The predicted molar refractivity (Wildman–Crippen MR) is 73.2 cm³/mol. The van der Waals surface area contributed by atoms with Crippen LogP contribution in [0.15, 0.2) is 0 Å². The van der Waals surface area contributed by atoms with Crippen LogP contribution in [0.5, 0.6) is 0 Å². The third-order valence-corrected chi connectivity index (χ3v) is 4.06. The third-order valence-electron chi connectivity index (χ3n) is 4.06. The standard InChI is InChI=1S/C15H30O2/c1-5-6-7-8-9-10-11-12-15(4,13(2)3)14(16)17/h13H,5-12H2,1-4H3,(H,16,17). The Morgan fingerprint density at radius 2 is 1.53 bits per heavy atom. The van der Waals surface area contributed by atoms with E-state index < -0.39 is 11.4 Å². The van der Waals surface area contributed by atoms with Gasteiger partial charge in [-0.05, 0) is 19.3 Å². The molecule has 0 radical (unpaired) electrons. The van der Waals surface area contributed by atoms with Gasteiger partial charge in [0.2, 0.25) is 0 Å². The van der Waals surface area contributed by atoms with Gasteiger partial charge < -0.3 is 5.11 Å². The first-order chi connectivity index (χ1) is 7.95. The zero-order valence-electron chi connectivity index (χ0n) is 12.1. The Morgan fingerprint density at radius 1 is 1.06 bits per heavy atom. The number of hydrogen-bond donors (Lipinski definition) is 1. The second-order valence-electron chi connectivity index (χ2n) is 5.75. The number of carboxylic acids is 1. The van der Waals surface area contributed by atoms with Crippen molar-refractivity contribution in [1.29, 1.82) is 0 Å². The van der Waals surface area contributed by atoms with Crippen molar-refractivity contribution in [3.8, 4) is 0 Å². The molecule has 0 aliphatic heterocycles. The summed E-state index contributed by atoms with van der Waals surface area (Å²) in [6.45, 7) is 8.13. The van der Waals surface area contributed by atoms with E-state index >= 15 is 0 Å². The molecule has 17 heavy (non-hydrogen) atoms. The van der Waals surface area contributed by atoms with E-state index in [1.165, 1.54) is 38.5 Å². The van der Waals surface area contributed by atoms with Crippen LogP contribution in [0.2, 0.25) is 0 Å². The molecule has 0 saturated heterocycles. The molecule has 0 heterocycles. The summed E-state index contributed by atoms with van der Waals surface area (Å²) in [5.41, 5.74) is -0.538. The fraction of sp³-hybridized carbons (Fsp3) is 0.933. The summed E-state index contributed by atoms with van der Waals surface area (Å²) >= 11 is 0. The van der Waals surface area contributed by atoms with E-state index in [1.54, 1.807) is 0 Å². The summed E-state index contributed by atoms with van der Waals surface area (Å²) in [5.74, 6) is -0.432. The molecule has 1 unspecified atom stereocenters. The van der Waals surface area contributed by atoms with Crippen molar-refractivity contribution in [3.05, 3.63) is 0 Å². The van der Waals surface area contributed by atoms with Crippen LogP contribution in [0.1, 0.15) is 79.1 Å². The van der Waals surface area contributed by atoms with Crippen molar-refractivity contribution < 1.29 is 9.90 Å². The minimum atomic E-state index is -0.640. The smallest absolute Gasteiger partial charge is 0.309 e. The van der Waals surface area contributed by atoms with Gasteiger partial charge in [0.25, 0.3) is 0 Å². The Hall–Kier alpha value is -0.530. The fourth-order valence-electron chi connectivity index (χ4n) is 2.09. The molecule has 2 heteroatoms. The minimum Gasteiger partial charge on any atom is -0.481 e. The number of aliphatic carboxylic acids is 1. The van der Waals surface area contributed by atoms with E-state index in [2.05, 4.69) is 6.92 Å². The van der Waals surface area contributed by atoms with Gasteiger partial charge in [0, 0.05) is 0 Å². The first-order valence-electron chi connectivity index (χ1n) is 7.18. The summed E-state index contributed by atoms with van der Waals surface area (Å²) in [4.78, 5) is 11.3. The molecule has 0 rings (SSSR count). The minimum absolute atomic E-state index is 0.208. The van der Waals surface area contributed by atoms with Gasteiger partial charge in [0.15, 0.2) is 0 Å². The van der Waals surface area contributed by atoms with Crippen molar-refractivity contribution >= 4 is 5.97 Å². The lowest BCUT2D eigenvalue weighted by Gasteiger charge is -2.29. The van der Waals surface area contributed by atoms with Gasteiger partial charge >= 0.3 is 5.97 Å². The quantitative estimate of drug-likeness (QED) is 0.555. The summed E-state index contributed by atoms with van der Waals surface area (Å²) < 4.78 is 0. The molecule has 0 spiro atoms. The van der Waals surface area contributed by atoms with Crippen LogP contribution in [-0.2, 0) is 4.79 Å². The summed E-state index contributed by atoms with van der Waals surface area (Å²) in [6, 6.07) is 0. The number of carbonyl (C=O) groups is 1. The average molecular weight is 242 g/mol. The van der Waals surface area contributed by atoms with E-state index in [1.807, 2.05) is 20.8 Å². The molecule has 0 aromatic heterocycles.